The molecule has 1 saturated heterocycles. The average molecular weight is 500 g/mol. The maximum atomic E-state index is 13.0. The minimum Gasteiger partial charge on any atom is -0.494 e. The maximum absolute atomic E-state index is 13.0. The molecule has 5 rings (SSSR count). The first-order valence-electron chi connectivity index (χ1n) is 12.8. The van der Waals surface area contributed by atoms with E-state index in [1.165, 1.54) is 5.56 Å². The van der Waals surface area contributed by atoms with Gasteiger partial charge in [-0.1, -0.05) is 18.2 Å². The Morgan fingerprint density at radius 2 is 1.76 bits per heavy atom. The Balaban J connectivity index is 1.35. The minimum absolute atomic E-state index is 0.0615. The van der Waals surface area contributed by atoms with Gasteiger partial charge in [-0.15, -0.1) is 0 Å². The molecule has 1 amide bonds. The van der Waals surface area contributed by atoms with E-state index in [4.69, 9.17) is 14.5 Å². The third-order valence-corrected chi connectivity index (χ3v) is 6.95. The Kier molecular flexibility index (Phi) is 7.15. The van der Waals surface area contributed by atoms with Gasteiger partial charge in [0.25, 0.3) is 0 Å². The third kappa shape index (κ3) is 5.32. The van der Waals surface area contributed by atoms with E-state index in [-0.39, 0.29) is 18.4 Å². The summed E-state index contributed by atoms with van der Waals surface area (Å²) in [6, 6.07) is 21.4. The number of ether oxygens (including phenoxy) is 2. The highest BCUT2D eigenvalue weighted by atomic mass is 16.5. The number of imidazole rings is 1. The fraction of sp³-hybridized carbons (Fsp3) is 0.333. The number of hydrogen-bond acceptors (Lipinski definition) is 5. The lowest BCUT2D eigenvalue weighted by atomic mass is 10.1. The molecule has 0 aliphatic carbocycles. The molecular weight excluding hydrogens is 466 g/mol. The molecule has 2 unspecified atom stereocenters. The van der Waals surface area contributed by atoms with Gasteiger partial charge in [0.2, 0.25) is 5.91 Å². The SMILES string of the molecule is CCOc1ccc(N2CC(c3nc4ccccc4n3CC(O)COc3ccc(C)c(C)c3)CC2=O)cc1. The van der Waals surface area contributed by atoms with Gasteiger partial charge in [0.15, 0.2) is 0 Å². The van der Waals surface area contributed by atoms with Crippen LogP contribution in [0.2, 0.25) is 0 Å². The van der Waals surface area contributed by atoms with Crippen molar-refractivity contribution < 1.29 is 19.4 Å². The number of rotatable bonds is 9. The normalized spacial score (nSPS) is 16.4. The molecule has 2 atom stereocenters. The number of para-hydroxylation sites is 2. The van der Waals surface area contributed by atoms with E-state index in [0.717, 1.165) is 39.6 Å². The summed E-state index contributed by atoms with van der Waals surface area (Å²) in [6.07, 6.45) is -0.372. The molecule has 0 radical (unpaired) electrons. The first-order chi connectivity index (χ1) is 17.9. The zero-order chi connectivity index (χ0) is 25.9. The van der Waals surface area contributed by atoms with Crippen molar-refractivity contribution in [3.05, 3.63) is 83.7 Å². The summed E-state index contributed by atoms with van der Waals surface area (Å²) in [5, 5.41) is 10.9. The molecule has 0 saturated carbocycles. The molecule has 7 heteroatoms. The van der Waals surface area contributed by atoms with E-state index >= 15 is 0 Å². The third-order valence-electron chi connectivity index (χ3n) is 6.95. The topological polar surface area (TPSA) is 76.8 Å². The number of carbonyl (C=O) groups is 1. The number of nitrogens with zero attached hydrogens (tertiary/aromatic N) is 3. The Labute approximate surface area is 217 Å². The van der Waals surface area contributed by atoms with Crippen LogP contribution in [0.4, 0.5) is 5.69 Å². The number of aromatic nitrogens is 2. The van der Waals surface area contributed by atoms with Crippen LogP contribution in [-0.2, 0) is 11.3 Å². The fourth-order valence-electron chi connectivity index (χ4n) is 4.88. The van der Waals surface area contributed by atoms with E-state index in [2.05, 4.69) is 6.92 Å². The standard InChI is InChI=1S/C30H33N3O4/c1-4-36-25-13-10-23(11-14-25)32-17-22(16-29(32)35)30-31-27-7-5-6-8-28(27)33(30)18-24(34)19-37-26-12-9-20(2)21(3)15-26/h5-15,22,24,34H,4,16-19H2,1-3H3. The van der Waals surface area contributed by atoms with Crippen LogP contribution in [0.1, 0.15) is 36.2 Å². The molecule has 1 aliphatic heterocycles. The lowest BCUT2D eigenvalue weighted by molar-refractivity contribution is -0.117. The number of aliphatic hydroxyl groups is 1. The fourth-order valence-corrected chi connectivity index (χ4v) is 4.88. The van der Waals surface area contributed by atoms with Gasteiger partial charge in [-0.25, -0.2) is 4.98 Å². The van der Waals surface area contributed by atoms with Gasteiger partial charge in [0, 0.05) is 24.6 Å². The quantitative estimate of drug-likeness (QED) is 0.350. The van der Waals surface area contributed by atoms with E-state index < -0.39 is 6.10 Å². The second-order valence-corrected chi connectivity index (χ2v) is 9.61. The van der Waals surface area contributed by atoms with E-state index in [1.807, 2.05) is 90.0 Å². The first kappa shape index (κ1) is 24.8. The monoisotopic (exact) mass is 499 g/mol. The summed E-state index contributed by atoms with van der Waals surface area (Å²) in [5.74, 6) is 2.32. The van der Waals surface area contributed by atoms with Crippen LogP contribution in [0.3, 0.4) is 0 Å². The predicted octanol–water partition coefficient (Wildman–Crippen LogP) is 5.01. The average Bonchev–Trinajstić information content (AvgIpc) is 3.46. The molecule has 2 heterocycles. The van der Waals surface area contributed by atoms with Crippen molar-refractivity contribution in [1.29, 1.82) is 0 Å². The summed E-state index contributed by atoms with van der Waals surface area (Å²) >= 11 is 0. The number of anilines is 1. The van der Waals surface area contributed by atoms with E-state index in [0.29, 0.717) is 26.1 Å². The number of aryl methyl sites for hydroxylation is 2. The molecule has 37 heavy (non-hydrogen) atoms. The van der Waals surface area contributed by atoms with Crippen molar-refractivity contribution in [3.63, 3.8) is 0 Å². The zero-order valence-corrected chi connectivity index (χ0v) is 21.6. The smallest absolute Gasteiger partial charge is 0.227 e. The molecule has 7 nitrogen and oxygen atoms in total. The zero-order valence-electron chi connectivity index (χ0n) is 21.6. The van der Waals surface area contributed by atoms with Crippen LogP contribution < -0.4 is 14.4 Å². The molecule has 1 aliphatic rings. The molecule has 1 aromatic heterocycles. The molecule has 1 fully saturated rings. The summed E-state index contributed by atoms with van der Waals surface area (Å²) in [7, 11) is 0. The van der Waals surface area contributed by atoms with Crippen molar-refractivity contribution >= 4 is 22.6 Å². The van der Waals surface area contributed by atoms with Gasteiger partial charge in [-0.05, 0) is 80.4 Å². The lowest BCUT2D eigenvalue weighted by Crippen LogP contribution is -2.26. The van der Waals surface area contributed by atoms with Crippen molar-refractivity contribution in [1.82, 2.24) is 9.55 Å². The van der Waals surface area contributed by atoms with Gasteiger partial charge in [0.05, 0.1) is 24.2 Å². The highest BCUT2D eigenvalue weighted by Crippen LogP contribution is 2.34. The summed E-state index contributed by atoms with van der Waals surface area (Å²) in [6.45, 7) is 7.67. The van der Waals surface area contributed by atoms with Gasteiger partial charge in [0.1, 0.15) is 30.0 Å². The van der Waals surface area contributed by atoms with Crippen molar-refractivity contribution in [3.8, 4) is 11.5 Å². The van der Waals surface area contributed by atoms with Crippen molar-refractivity contribution in [2.24, 2.45) is 0 Å². The molecule has 3 aromatic carbocycles. The molecule has 4 aromatic rings. The van der Waals surface area contributed by atoms with Crippen LogP contribution in [0.15, 0.2) is 66.7 Å². The largest absolute Gasteiger partial charge is 0.494 e. The highest BCUT2D eigenvalue weighted by Gasteiger charge is 2.35. The van der Waals surface area contributed by atoms with Gasteiger partial charge in [-0.2, -0.15) is 0 Å². The summed E-state index contributed by atoms with van der Waals surface area (Å²) in [4.78, 5) is 19.7. The lowest BCUT2D eigenvalue weighted by Gasteiger charge is -2.19. The Morgan fingerprint density at radius 3 is 2.51 bits per heavy atom. The molecule has 192 valence electrons. The summed E-state index contributed by atoms with van der Waals surface area (Å²) in [5.41, 5.74) is 4.99. The van der Waals surface area contributed by atoms with Crippen LogP contribution in [0, 0.1) is 13.8 Å². The van der Waals surface area contributed by atoms with Gasteiger partial charge in [-0.3, -0.25) is 4.79 Å². The van der Waals surface area contributed by atoms with Gasteiger partial charge >= 0.3 is 0 Å². The molecular formula is C30H33N3O4. The molecule has 0 spiro atoms. The van der Waals surface area contributed by atoms with E-state index in [1.54, 1.807) is 0 Å². The van der Waals surface area contributed by atoms with Crippen LogP contribution in [0.25, 0.3) is 11.0 Å². The number of amides is 1. The molecule has 1 N–H and O–H groups in total. The Bertz CT molecular complexity index is 1400. The Morgan fingerprint density at radius 1 is 1.00 bits per heavy atom. The number of aliphatic hydroxyl groups excluding tert-OH is 1. The van der Waals surface area contributed by atoms with Crippen LogP contribution >= 0.6 is 0 Å². The van der Waals surface area contributed by atoms with Crippen molar-refractivity contribution in [2.45, 2.75) is 45.8 Å². The van der Waals surface area contributed by atoms with Crippen LogP contribution in [-0.4, -0.2) is 46.4 Å². The Hall–Kier alpha value is -3.84. The summed E-state index contributed by atoms with van der Waals surface area (Å²) < 4.78 is 13.5. The second kappa shape index (κ2) is 10.6. The molecule has 0 bridgehead atoms. The van der Waals surface area contributed by atoms with Gasteiger partial charge < -0.3 is 24.0 Å². The first-order valence-corrected chi connectivity index (χ1v) is 12.8. The number of benzene rings is 3. The number of carbonyl (C=O) groups excluding carboxylic acids is 1. The second-order valence-electron chi connectivity index (χ2n) is 9.61. The van der Waals surface area contributed by atoms with Crippen LogP contribution in [0.5, 0.6) is 11.5 Å². The predicted molar refractivity (Wildman–Crippen MR) is 144 cm³/mol. The van der Waals surface area contributed by atoms with E-state index in [9.17, 15) is 9.90 Å². The van der Waals surface area contributed by atoms with Crippen molar-refractivity contribution in [2.75, 3.05) is 24.7 Å². The number of hydrogen-bond donors (Lipinski definition) is 1. The highest BCUT2D eigenvalue weighted by molar-refractivity contribution is 5.96. The number of fused-ring (bicyclic) bond motifs is 1. The maximum Gasteiger partial charge on any atom is 0.227 e. The minimum atomic E-state index is -0.739.